The largest absolute Gasteiger partial charge is 0.355 e. The first-order valence-electron chi connectivity index (χ1n) is 6.46. The van der Waals surface area contributed by atoms with Crippen molar-refractivity contribution in [1.29, 1.82) is 5.26 Å². The molecule has 7 heteroatoms. The average molecular weight is 294 g/mol. The molecule has 1 aromatic rings. The van der Waals surface area contributed by atoms with Crippen molar-refractivity contribution in [2.24, 2.45) is 0 Å². The minimum Gasteiger partial charge on any atom is -0.355 e. The molecule has 1 aromatic heterocycles. The van der Waals surface area contributed by atoms with E-state index in [-0.39, 0.29) is 6.04 Å². The zero-order chi connectivity index (χ0) is 14.8. The third-order valence-electron chi connectivity index (χ3n) is 3.63. The standard InChI is InChI=1S/C13H18N4O2S/c1-16(20(2,18)19)12-4-3-7-17(10-12)13-8-11(9-14)5-6-15-13/h5-6,8,12H,3-4,7,10H2,1-2H3. The number of piperidine rings is 1. The van der Waals surface area contributed by atoms with Gasteiger partial charge in [-0.25, -0.2) is 17.7 Å². The van der Waals surface area contributed by atoms with Gasteiger partial charge in [-0.1, -0.05) is 0 Å². The van der Waals surface area contributed by atoms with E-state index < -0.39 is 10.0 Å². The highest BCUT2D eigenvalue weighted by molar-refractivity contribution is 7.88. The monoisotopic (exact) mass is 294 g/mol. The summed E-state index contributed by atoms with van der Waals surface area (Å²) < 4.78 is 24.7. The van der Waals surface area contributed by atoms with Crippen LogP contribution in [0.1, 0.15) is 18.4 Å². The van der Waals surface area contributed by atoms with Crippen LogP contribution >= 0.6 is 0 Å². The van der Waals surface area contributed by atoms with E-state index in [0.29, 0.717) is 12.1 Å². The van der Waals surface area contributed by atoms with Crippen LogP contribution in [0, 0.1) is 11.3 Å². The van der Waals surface area contributed by atoms with E-state index in [1.54, 1.807) is 25.4 Å². The minimum absolute atomic E-state index is 0.0497. The van der Waals surface area contributed by atoms with Crippen molar-refractivity contribution in [3.05, 3.63) is 23.9 Å². The van der Waals surface area contributed by atoms with Gasteiger partial charge < -0.3 is 4.90 Å². The SMILES string of the molecule is CN(C1CCCN(c2cc(C#N)ccn2)C1)S(C)(=O)=O. The summed E-state index contributed by atoms with van der Waals surface area (Å²) in [6, 6.07) is 5.44. The Hall–Kier alpha value is -1.65. The predicted octanol–water partition coefficient (Wildman–Crippen LogP) is 0.813. The van der Waals surface area contributed by atoms with Crippen LogP contribution in [0.25, 0.3) is 0 Å². The van der Waals surface area contributed by atoms with E-state index in [2.05, 4.69) is 11.1 Å². The highest BCUT2D eigenvalue weighted by Crippen LogP contribution is 2.22. The van der Waals surface area contributed by atoms with E-state index >= 15 is 0 Å². The van der Waals surface area contributed by atoms with Gasteiger partial charge in [0.2, 0.25) is 10.0 Å². The number of hydrogen-bond donors (Lipinski definition) is 0. The molecule has 0 radical (unpaired) electrons. The topological polar surface area (TPSA) is 77.3 Å². The van der Waals surface area contributed by atoms with Crippen molar-refractivity contribution in [3.63, 3.8) is 0 Å². The van der Waals surface area contributed by atoms with E-state index in [4.69, 9.17) is 5.26 Å². The molecule has 0 spiro atoms. The molecule has 0 aromatic carbocycles. The number of rotatable bonds is 3. The second-order valence-electron chi connectivity index (χ2n) is 5.04. The van der Waals surface area contributed by atoms with Gasteiger partial charge in [-0.05, 0) is 25.0 Å². The molecule has 0 aliphatic carbocycles. The maximum Gasteiger partial charge on any atom is 0.211 e. The van der Waals surface area contributed by atoms with Crippen LogP contribution in [-0.2, 0) is 10.0 Å². The van der Waals surface area contributed by atoms with E-state index in [1.165, 1.54) is 10.6 Å². The zero-order valence-corrected chi connectivity index (χ0v) is 12.5. The normalized spacial score (nSPS) is 19.9. The second-order valence-corrected chi connectivity index (χ2v) is 7.08. The molecule has 1 unspecified atom stereocenters. The van der Waals surface area contributed by atoms with Crippen LogP contribution in [0.3, 0.4) is 0 Å². The van der Waals surface area contributed by atoms with Crippen LogP contribution in [0.4, 0.5) is 5.82 Å². The third-order valence-corrected chi connectivity index (χ3v) is 4.98. The molecule has 1 aliphatic rings. The lowest BCUT2D eigenvalue weighted by Gasteiger charge is -2.37. The fourth-order valence-electron chi connectivity index (χ4n) is 2.39. The van der Waals surface area contributed by atoms with Gasteiger partial charge in [-0.2, -0.15) is 5.26 Å². The number of sulfonamides is 1. The van der Waals surface area contributed by atoms with Crippen LogP contribution in [-0.4, -0.2) is 50.1 Å². The van der Waals surface area contributed by atoms with Crippen molar-refractivity contribution >= 4 is 15.8 Å². The van der Waals surface area contributed by atoms with Crippen LogP contribution in [0.5, 0.6) is 0 Å². The lowest BCUT2D eigenvalue weighted by molar-refractivity contribution is 0.321. The number of nitrogens with zero attached hydrogens (tertiary/aromatic N) is 4. The Morgan fingerprint density at radius 3 is 2.95 bits per heavy atom. The maximum absolute atomic E-state index is 11.6. The molecule has 0 saturated carbocycles. The summed E-state index contributed by atoms with van der Waals surface area (Å²) >= 11 is 0. The molecule has 2 heterocycles. The Morgan fingerprint density at radius 2 is 2.30 bits per heavy atom. The number of anilines is 1. The van der Waals surface area contributed by atoms with Gasteiger partial charge in [0.25, 0.3) is 0 Å². The summed E-state index contributed by atoms with van der Waals surface area (Å²) in [5.41, 5.74) is 0.564. The van der Waals surface area contributed by atoms with E-state index in [1.807, 2.05) is 4.90 Å². The van der Waals surface area contributed by atoms with Crippen LogP contribution in [0.2, 0.25) is 0 Å². The Balaban J connectivity index is 2.16. The van der Waals surface area contributed by atoms with Crippen molar-refractivity contribution in [3.8, 4) is 6.07 Å². The Bertz CT molecular complexity index is 624. The van der Waals surface area contributed by atoms with Gasteiger partial charge in [0, 0.05) is 32.4 Å². The highest BCUT2D eigenvalue weighted by atomic mass is 32.2. The molecule has 108 valence electrons. The van der Waals surface area contributed by atoms with Gasteiger partial charge in [-0.3, -0.25) is 0 Å². The van der Waals surface area contributed by atoms with E-state index in [0.717, 1.165) is 25.2 Å². The maximum atomic E-state index is 11.6. The molecular weight excluding hydrogens is 276 g/mol. The average Bonchev–Trinajstić information content (AvgIpc) is 2.45. The molecule has 0 N–H and O–H groups in total. The highest BCUT2D eigenvalue weighted by Gasteiger charge is 2.28. The molecule has 1 atom stereocenters. The lowest BCUT2D eigenvalue weighted by atomic mass is 10.1. The molecule has 1 saturated heterocycles. The number of hydrogen-bond acceptors (Lipinski definition) is 5. The van der Waals surface area contributed by atoms with Crippen molar-refractivity contribution in [2.45, 2.75) is 18.9 Å². The first-order valence-corrected chi connectivity index (χ1v) is 8.31. The van der Waals surface area contributed by atoms with Crippen LogP contribution in [0.15, 0.2) is 18.3 Å². The number of pyridine rings is 1. The fraction of sp³-hybridized carbons (Fsp3) is 0.538. The molecule has 6 nitrogen and oxygen atoms in total. The van der Waals surface area contributed by atoms with Gasteiger partial charge in [0.1, 0.15) is 5.82 Å². The van der Waals surface area contributed by atoms with Gasteiger partial charge >= 0.3 is 0 Å². The minimum atomic E-state index is -3.19. The lowest BCUT2D eigenvalue weighted by Crippen LogP contribution is -2.48. The second kappa shape index (κ2) is 5.77. The van der Waals surface area contributed by atoms with Crippen molar-refractivity contribution < 1.29 is 8.42 Å². The van der Waals surface area contributed by atoms with Gasteiger partial charge in [-0.15, -0.1) is 0 Å². The molecule has 1 aliphatic heterocycles. The van der Waals surface area contributed by atoms with Crippen molar-refractivity contribution in [1.82, 2.24) is 9.29 Å². The summed E-state index contributed by atoms with van der Waals surface area (Å²) in [5.74, 6) is 0.732. The number of likely N-dealkylation sites (N-methyl/N-ethyl adjacent to an activating group) is 1. The summed E-state index contributed by atoms with van der Waals surface area (Å²) in [6.07, 6.45) is 4.58. The Morgan fingerprint density at radius 1 is 1.55 bits per heavy atom. The molecular formula is C13H18N4O2S. The third kappa shape index (κ3) is 3.26. The number of nitriles is 1. The summed E-state index contributed by atoms with van der Waals surface area (Å²) in [5, 5.41) is 8.92. The smallest absolute Gasteiger partial charge is 0.211 e. The predicted molar refractivity (Wildman–Crippen MR) is 76.8 cm³/mol. The summed E-state index contributed by atoms with van der Waals surface area (Å²) in [6.45, 7) is 1.43. The zero-order valence-electron chi connectivity index (χ0n) is 11.7. The van der Waals surface area contributed by atoms with E-state index in [9.17, 15) is 8.42 Å². The van der Waals surface area contributed by atoms with Gasteiger partial charge in [0.05, 0.1) is 17.9 Å². The quantitative estimate of drug-likeness (QED) is 0.824. The summed E-state index contributed by atoms with van der Waals surface area (Å²) in [7, 11) is -1.57. The Labute approximate surface area is 119 Å². The van der Waals surface area contributed by atoms with Crippen molar-refractivity contribution in [2.75, 3.05) is 31.3 Å². The molecule has 0 bridgehead atoms. The first kappa shape index (κ1) is 14.8. The Kier molecular flexibility index (Phi) is 4.26. The first-order chi connectivity index (χ1) is 9.41. The molecule has 0 amide bonds. The van der Waals surface area contributed by atoms with Gasteiger partial charge in [0.15, 0.2) is 0 Å². The summed E-state index contributed by atoms with van der Waals surface area (Å²) in [4.78, 5) is 6.31. The van der Waals surface area contributed by atoms with Crippen LogP contribution < -0.4 is 4.90 Å². The number of aromatic nitrogens is 1. The molecule has 1 fully saturated rings. The fourth-order valence-corrected chi connectivity index (χ4v) is 3.10. The molecule has 20 heavy (non-hydrogen) atoms. The molecule has 2 rings (SSSR count).